The van der Waals surface area contributed by atoms with Crippen molar-refractivity contribution in [1.82, 2.24) is 0 Å². The monoisotopic (exact) mass is 482 g/mol. The standard InChI is InChI=1S/C35H34N2/c1-25-6-13-30(14-7-25)36(31-15-8-26(2)9-16-31)32-19-21-34(22-20-32)37(33-17-10-27(3)11-18-33)35-23-12-28(4)24-29(35)5/h6-24H,1-5H3. The fourth-order valence-electron chi connectivity index (χ4n) is 4.76. The van der Waals surface area contributed by atoms with Crippen LogP contribution in [0.15, 0.2) is 115 Å². The van der Waals surface area contributed by atoms with E-state index >= 15 is 0 Å². The molecule has 0 bridgehead atoms. The minimum atomic E-state index is 1.13. The highest BCUT2D eigenvalue weighted by atomic mass is 15.2. The molecule has 2 nitrogen and oxygen atoms in total. The van der Waals surface area contributed by atoms with Crippen LogP contribution in [0, 0.1) is 34.6 Å². The van der Waals surface area contributed by atoms with E-state index in [4.69, 9.17) is 0 Å². The molecule has 0 aliphatic heterocycles. The first-order valence-electron chi connectivity index (χ1n) is 12.9. The zero-order chi connectivity index (χ0) is 25.9. The van der Waals surface area contributed by atoms with Gasteiger partial charge in [0.1, 0.15) is 0 Å². The SMILES string of the molecule is Cc1ccc(N(c2ccc(C)cc2)c2ccc(N(c3ccc(C)cc3)c3ccc(C)cc3C)cc2)cc1. The molecule has 2 heteroatoms. The summed E-state index contributed by atoms with van der Waals surface area (Å²) in [5.74, 6) is 0. The Morgan fingerprint density at radius 1 is 0.324 bits per heavy atom. The number of aryl methyl sites for hydroxylation is 5. The third kappa shape index (κ3) is 5.29. The highest BCUT2D eigenvalue weighted by Crippen LogP contribution is 2.40. The van der Waals surface area contributed by atoms with Crippen molar-refractivity contribution in [2.24, 2.45) is 0 Å². The maximum absolute atomic E-state index is 2.35. The van der Waals surface area contributed by atoms with Crippen LogP contribution < -0.4 is 9.80 Å². The van der Waals surface area contributed by atoms with Crippen LogP contribution in [0.3, 0.4) is 0 Å². The number of rotatable bonds is 6. The van der Waals surface area contributed by atoms with Crippen LogP contribution in [0.2, 0.25) is 0 Å². The van der Waals surface area contributed by atoms with E-state index in [0.29, 0.717) is 0 Å². The van der Waals surface area contributed by atoms with Gasteiger partial charge in [0.25, 0.3) is 0 Å². The molecule has 0 amide bonds. The lowest BCUT2D eigenvalue weighted by atomic mass is 10.1. The smallest absolute Gasteiger partial charge is 0.0490 e. The maximum atomic E-state index is 2.35. The van der Waals surface area contributed by atoms with E-state index < -0.39 is 0 Å². The van der Waals surface area contributed by atoms with Gasteiger partial charge in [-0.15, -0.1) is 0 Å². The zero-order valence-electron chi connectivity index (χ0n) is 22.4. The molecule has 0 aliphatic rings. The minimum absolute atomic E-state index is 1.13. The molecule has 184 valence electrons. The topological polar surface area (TPSA) is 6.48 Å². The Hall–Kier alpha value is -4.30. The predicted octanol–water partition coefficient (Wildman–Crippen LogP) is 10.2. The molecule has 0 saturated carbocycles. The van der Waals surface area contributed by atoms with E-state index in [1.807, 2.05) is 0 Å². The van der Waals surface area contributed by atoms with Gasteiger partial charge < -0.3 is 9.80 Å². The normalized spacial score (nSPS) is 10.8. The van der Waals surface area contributed by atoms with Crippen LogP contribution in [0.25, 0.3) is 0 Å². The first-order valence-corrected chi connectivity index (χ1v) is 12.9. The lowest BCUT2D eigenvalue weighted by Crippen LogP contribution is -2.13. The van der Waals surface area contributed by atoms with Crippen LogP contribution in [-0.4, -0.2) is 0 Å². The molecule has 5 aromatic carbocycles. The molecule has 0 unspecified atom stereocenters. The fourth-order valence-corrected chi connectivity index (χ4v) is 4.76. The first kappa shape index (κ1) is 24.4. The van der Waals surface area contributed by atoms with Gasteiger partial charge in [0.15, 0.2) is 0 Å². The molecule has 0 saturated heterocycles. The number of nitrogens with zero attached hydrogens (tertiary/aromatic N) is 2. The Morgan fingerprint density at radius 2 is 0.622 bits per heavy atom. The first-order chi connectivity index (χ1) is 17.9. The molecule has 5 aromatic rings. The minimum Gasteiger partial charge on any atom is -0.311 e. The van der Waals surface area contributed by atoms with E-state index in [2.05, 4.69) is 160 Å². The van der Waals surface area contributed by atoms with Gasteiger partial charge >= 0.3 is 0 Å². The summed E-state index contributed by atoms with van der Waals surface area (Å²) in [7, 11) is 0. The van der Waals surface area contributed by atoms with Crippen molar-refractivity contribution >= 4 is 34.1 Å². The summed E-state index contributed by atoms with van der Waals surface area (Å²) in [6, 6.07) is 41.8. The van der Waals surface area contributed by atoms with Gasteiger partial charge in [-0.05, 0) is 107 Å². The molecule has 0 aromatic heterocycles. The third-order valence-corrected chi connectivity index (χ3v) is 6.84. The van der Waals surface area contributed by atoms with Gasteiger partial charge in [-0.3, -0.25) is 0 Å². The maximum Gasteiger partial charge on any atom is 0.0490 e. The number of hydrogen-bond donors (Lipinski definition) is 0. The summed E-state index contributed by atoms with van der Waals surface area (Å²) in [6.07, 6.45) is 0. The number of hydrogen-bond acceptors (Lipinski definition) is 2. The van der Waals surface area contributed by atoms with Crippen molar-refractivity contribution in [2.45, 2.75) is 34.6 Å². The lowest BCUT2D eigenvalue weighted by Gasteiger charge is -2.29. The molecule has 0 N–H and O–H groups in total. The van der Waals surface area contributed by atoms with Crippen molar-refractivity contribution in [3.05, 3.63) is 143 Å². The van der Waals surface area contributed by atoms with Crippen LogP contribution in [-0.2, 0) is 0 Å². The summed E-state index contributed by atoms with van der Waals surface area (Å²) in [5, 5.41) is 0. The Labute approximate surface area is 221 Å². The fraction of sp³-hybridized carbons (Fsp3) is 0.143. The van der Waals surface area contributed by atoms with Gasteiger partial charge in [0, 0.05) is 34.1 Å². The van der Waals surface area contributed by atoms with Crippen LogP contribution in [0.1, 0.15) is 27.8 Å². The molecule has 0 fully saturated rings. The predicted molar refractivity (Wildman–Crippen MR) is 159 cm³/mol. The Kier molecular flexibility index (Phi) is 6.83. The van der Waals surface area contributed by atoms with E-state index in [0.717, 1.165) is 28.4 Å². The highest BCUT2D eigenvalue weighted by molar-refractivity contribution is 5.82. The lowest BCUT2D eigenvalue weighted by molar-refractivity contribution is 1.22. The van der Waals surface area contributed by atoms with Crippen molar-refractivity contribution in [3.8, 4) is 0 Å². The van der Waals surface area contributed by atoms with Crippen molar-refractivity contribution in [2.75, 3.05) is 9.80 Å². The third-order valence-electron chi connectivity index (χ3n) is 6.84. The Balaban J connectivity index is 1.60. The molecule has 5 rings (SSSR count). The van der Waals surface area contributed by atoms with Crippen molar-refractivity contribution in [3.63, 3.8) is 0 Å². The molecule has 37 heavy (non-hydrogen) atoms. The Morgan fingerprint density at radius 3 is 0.973 bits per heavy atom. The van der Waals surface area contributed by atoms with Gasteiger partial charge in [-0.25, -0.2) is 0 Å². The van der Waals surface area contributed by atoms with E-state index in [1.165, 1.54) is 33.5 Å². The molecular weight excluding hydrogens is 448 g/mol. The largest absolute Gasteiger partial charge is 0.311 e. The van der Waals surface area contributed by atoms with Gasteiger partial charge in [-0.2, -0.15) is 0 Å². The summed E-state index contributed by atoms with van der Waals surface area (Å²) in [4.78, 5) is 4.66. The van der Waals surface area contributed by atoms with Crippen LogP contribution >= 0.6 is 0 Å². The average molecular weight is 483 g/mol. The second kappa shape index (κ2) is 10.4. The van der Waals surface area contributed by atoms with E-state index in [1.54, 1.807) is 0 Å². The molecule has 0 atom stereocenters. The van der Waals surface area contributed by atoms with E-state index in [9.17, 15) is 0 Å². The Bertz CT molecular complexity index is 1430. The van der Waals surface area contributed by atoms with Gasteiger partial charge in [0.05, 0.1) is 0 Å². The van der Waals surface area contributed by atoms with Crippen molar-refractivity contribution < 1.29 is 0 Å². The summed E-state index contributed by atoms with van der Waals surface area (Å²) < 4.78 is 0. The summed E-state index contributed by atoms with van der Waals surface area (Å²) in [5.41, 5.74) is 13.2. The average Bonchev–Trinajstić information content (AvgIpc) is 2.90. The second-order valence-electron chi connectivity index (χ2n) is 9.98. The van der Waals surface area contributed by atoms with Crippen molar-refractivity contribution in [1.29, 1.82) is 0 Å². The second-order valence-corrected chi connectivity index (χ2v) is 9.98. The van der Waals surface area contributed by atoms with Gasteiger partial charge in [0.2, 0.25) is 0 Å². The molecule has 0 radical (unpaired) electrons. The van der Waals surface area contributed by atoms with Gasteiger partial charge in [-0.1, -0.05) is 70.8 Å². The summed E-state index contributed by atoms with van der Waals surface area (Å²) >= 11 is 0. The highest BCUT2D eigenvalue weighted by Gasteiger charge is 2.17. The number of benzene rings is 5. The van der Waals surface area contributed by atoms with E-state index in [-0.39, 0.29) is 0 Å². The number of anilines is 6. The van der Waals surface area contributed by atoms with Crippen LogP contribution in [0.4, 0.5) is 34.1 Å². The molecule has 0 spiro atoms. The molecule has 0 aliphatic carbocycles. The molecular formula is C35H34N2. The van der Waals surface area contributed by atoms with Crippen LogP contribution in [0.5, 0.6) is 0 Å². The summed E-state index contributed by atoms with van der Waals surface area (Å²) in [6.45, 7) is 10.7. The quantitative estimate of drug-likeness (QED) is 0.237. The zero-order valence-corrected chi connectivity index (χ0v) is 22.4. The molecule has 0 heterocycles.